The monoisotopic (exact) mass is 172 g/mol. The van der Waals surface area contributed by atoms with Crippen molar-refractivity contribution in [1.82, 2.24) is 4.90 Å². The van der Waals surface area contributed by atoms with Gasteiger partial charge in [-0.3, -0.25) is 4.90 Å². The minimum absolute atomic E-state index is 0.312. The highest BCUT2D eigenvalue weighted by Crippen LogP contribution is 2.04. The van der Waals surface area contributed by atoms with Gasteiger partial charge >= 0.3 is 0 Å². The molecule has 1 unspecified atom stereocenters. The lowest BCUT2D eigenvalue weighted by molar-refractivity contribution is 0.204. The Morgan fingerprint density at radius 1 is 1.17 bits per heavy atom. The Morgan fingerprint density at radius 3 is 1.92 bits per heavy atom. The molecule has 0 fully saturated rings. The van der Waals surface area contributed by atoms with Crippen molar-refractivity contribution >= 4 is 0 Å². The maximum Gasteiger partial charge on any atom is 0.0191 e. The van der Waals surface area contributed by atoms with Gasteiger partial charge in [0, 0.05) is 18.6 Å². The third-order valence-electron chi connectivity index (χ3n) is 2.44. The second-order valence-corrected chi connectivity index (χ2v) is 4.09. The van der Waals surface area contributed by atoms with Gasteiger partial charge in [-0.05, 0) is 26.3 Å². The third kappa shape index (κ3) is 4.07. The molecule has 0 saturated carbocycles. The predicted molar refractivity (Wildman–Crippen MR) is 55.2 cm³/mol. The molecule has 0 aliphatic heterocycles. The van der Waals surface area contributed by atoms with Crippen LogP contribution in [0, 0.1) is 5.92 Å². The first-order chi connectivity index (χ1) is 5.49. The van der Waals surface area contributed by atoms with E-state index in [0.29, 0.717) is 18.0 Å². The molecule has 0 radical (unpaired) electrons. The lowest BCUT2D eigenvalue weighted by Gasteiger charge is -2.29. The van der Waals surface area contributed by atoms with Crippen molar-refractivity contribution in [2.45, 2.75) is 46.7 Å². The van der Waals surface area contributed by atoms with Gasteiger partial charge in [-0.25, -0.2) is 0 Å². The third-order valence-corrected chi connectivity index (χ3v) is 2.44. The van der Waals surface area contributed by atoms with Crippen LogP contribution in [0.1, 0.15) is 34.6 Å². The molecule has 2 N–H and O–H groups in total. The standard InChI is InChI=1S/C10H24N2/c1-6-12(9(4)5)7-10(11)8(2)3/h8-10H,6-7,11H2,1-5H3. The van der Waals surface area contributed by atoms with Gasteiger partial charge in [0.05, 0.1) is 0 Å². The number of likely N-dealkylation sites (N-methyl/N-ethyl adjacent to an activating group) is 1. The fourth-order valence-electron chi connectivity index (χ4n) is 1.19. The first-order valence-electron chi connectivity index (χ1n) is 4.98. The van der Waals surface area contributed by atoms with Gasteiger partial charge in [0.15, 0.2) is 0 Å². The first kappa shape index (κ1) is 11.9. The fraction of sp³-hybridized carbons (Fsp3) is 1.00. The molecule has 2 heteroatoms. The van der Waals surface area contributed by atoms with Crippen LogP contribution in [0.3, 0.4) is 0 Å². The molecule has 0 aromatic heterocycles. The van der Waals surface area contributed by atoms with Crippen LogP contribution in [0.25, 0.3) is 0 Å². The molecule has 2 nitrogen and oxygen atoms in total. The van der Waals surface area contributed by atoms with Crippen LogP contribution in [0.15, 0.2) is 0 Å². The molecular weight excluding hydrogens is 148 g/mol. The summed E-state index contributed by atoms with van der Waals surface area (Å²) in [4.78, 5) is 2.41. The number of rotatable bonds is 5. The van der Waals surface area contributed by atoms with Gasteiger partial charge in [0.2, 0.25) is 0 Å². The van der Waals surface area contributed by atoms with Crippen molar-refractivity contribution in [1.29, 1.82) is 0 Å². The second-order valence-electron chi connectivity index (χ2n) is 4.09. The number of nitrogens with two attached hydrogens (primary N) is 1. The second kappa shape index (κ2) is 5.55. The Hall–Kier alpha value is -0.0800. The molecule has 0 rings (SSSR count). The van der Waals surface area contributed by atoms with Gasteiger partial charge in [-0.2, -0.15) is 0 Å². The van der Waals surface area contributed by atoms with E-state index in [2.05, 4.69) is 39.5 Å². The van der Waals surface area contributed by atoms with Crippen LogP contribution in [0.5, 0.6) is 0 Å². The molecule has 1 atom stereocenters. The van der Waals surface area contributed by atoms with Crippen molar-refractivity contribution in [3.05, 3.63) is 0 Å². The molecule has 0 aromatic carbocycles. The Bertz CT molecular complexity index is 110. The zero-order chi connectivity index (χ0) is 9.72. The average Bonchev–Trinajstić information content (AvgIpc) is 1.98. The summed E-state index contributed by atoms with van der Waals surface area (Å²) in [7, 11) is 0. The highest BCUT2D eigenvalue weighted by atomic mass is 15.2. The molecule has 0 aliphatic carbocycles. The molecule has 0 heterocycles. The fourth-order valence-corrected chi connectivity index (χ4v) is 1.19. The van der Waals surface area contributed by atoms with E-state index in [4.69, 9.17) is 5.73 Å². The first-order valence-corrected chi connectivity index (χ1v) is 4.98. The SMILES string of the molecule is CCN(CC(N)C(C)C)C(C)C. The number of hydrogen-bond donors (Lipinski definition) is 1. The Balaban J connectivity index is 3.85. The van der Waals surface area contributed by atoms with Gasteiger partial charge < -0.3 is 5.73 Å². The van der Waals surface area contributed by atoms with Crippen molar-refractivity contribution in [3.63, 3.8) is 0 Å². The summed E-state index contributed by atoms with van der Waals surface area (Å²) in [5, 5.41) is 0. The summed E-state index contributed by atoms with van der Waals surface area (Å²) in [6.07, 6.45) is 0. The largest absolute Gasteiger partial charge is 0.326 e. The van der Waals surface area contributed by atoms with Gasteiger partial charge in [-0.15, -0.1) is 0 Å². The molecule has 12 heavy (non-hydrogen) atoms. The van der Waals surface area contributed by atoms with Gasteiger partial charge in [-0.1, -0.05) is 20.8 Å². The van der Waals surface area contributed by atoms with E-state index in [-0.39, 0.29) is 0 Å². The zero-order valence-electron chi connectivity index (χ0n) is 9.17. The van der Waals surface area contributed by atoms with E-state index in [1.165, 1.54) is 0 Å². The summed E-state index contributed by atoms with van der Waals surface area (Å²) < 4.78 is 0. The average molecular weight is 172 g/mol. The molecule has 0 bridgehead atoms. The van der Waals surface area contributed by atoms with E-state index < -0.39 is 0 Å². The predicted octanol–water partition coefficient (Wildman–Crippen LogP) is 1.70. The quantitative estimate of drug-likeness (QED) is 0.684. The lowest BCUT2D eigenvalue weighted by atomic mass is 10.0. The topological polar surface area (TPSA) is 29.3 Å². The summed E-state index contributed by atoms with van der Waals surface area (Å²) in [5.74, 6) is 0.581. The van der Waals surface area contributed by atoms with Crippen molar-refractivity contribution in [2.24, 2.45) is 11.7 Å². The Kier molecular flexibility index (Phi) is 5.51. The van der Waals surface area contributed by atoms with Crippen molar-refractivity contribution in [3.8, 4) is 0 Å². The summed E-state index contributed by atoms with van der Waals surface area (Å²) in [5.41, 5.74) is 5.99. The van der Waals surface area contributed by atoms with Crippen LogP contribution < -0.4 is 5.73 Å². The number of nitrogens with zero attached hydrogens (tertiary/aromatic N) is 1. The van der Waals surface area contributed by atoms with Crippen molar-refractivity contribution in [2.75, 3.05) is 13.1 Å². The maximum absolute atomic E-state index is 5.99. The van der Waals surface area contributed by atoms with E-state index >= 15 is 0 Å². The van der Waals surface area contributed by atoms with E-state index in [1.54, 1.807) is 0 Å². The smallest absolute Gasteiger partial charge is 0.0191 e. The molecule has 0 aliphatic rings. The molecule has 0 spiro atoms. The van der Waals surface area contributed by atoms with Crippen molar-refractivity contribution < 1.29 is 0 Å². The van der Waals surface area contributed by atoms with Crippen LogP contribution in [0.2, 0.25) is 0 Å². The van der Waals surface area contributed by atoms with E-state index in [0.717, 1.165) is 13.1 Å². The normalized spacial score (nSPS) is 14.8. The minimum Gasteiger partial charge on any atom is -0.326 e. The minimum atomic E-state index is 0.312. The number of hydrogen-bond acceptors (Lipinski definition) is 2. The van der Waals surface area contributed by atoms with Crippen LogP contribution in [-0.4, -0.2) is 30.1 Å². The molecule has 0 amide bonds. The molecule has 0 aromatic rings. The van der Waals surface area contributed by atoms with Crippen LogP contribution >= 0.6 is 0 Å². The molecule has 0 saturated heterocycles. The Labute approximate surface area is 77.1 Å². The van der Waals surface area contributed by atoms with E-state index in [1.807, 2.05) is 0 Å². The van der Waals surface area contributed by atoms with Crippen LogP contribution in [0.4, 0.5) is 0 Å². The summed E-state index contributed by atoms with van der Waals surface area (Å²) in [6, 6.07) is 0.923. The molecular formula is C10H24N2. The molecule has 74 valence electrons. The highest BCUT2D eigenvalue weighted by molar-refractivity contribution is 4.72. The zero-order valence-corrected chi connectivity index (χ0v) is 9.17. The summed E-state index contributed by atoms with van der Waals surface area (Å²) in [6.45, 7) is 13.1. The van der Waals surface area contributed by atoms with Gasteiger partial charge in [0.25, 0.3) is 0 Å². The Morgan fingerprint density at radius 2 is 1.67 bits per heavy atom. The summed E-state index contributed by atoms with van der Waals surface area (Å²) >= 11 is 0. The highest BCUT2D eigenvalue weighted by Gasteiger charge is 2.13. The van der Waals surface area contributed by atoms with Crippen LogP contribution in [-0.2, 0) is 0 Å². The maximum atomic E-state index is 5.99. The van der Waals surface area contributed by atoms with E-state index in [9.17, 15) is 0 Å². The lowest BCUT2D eigenvalue weighted by Crippen LogP contribution is -2.43. The van der Waals surface area contributed by atoms with Gasteiger partial charge in [0.1, 0.15) is 0 Å².